The summed E-state index contributed by atoms with van der Waals surface area (Å²) in [5.74, 6) is 0. The van der Waals surface area contributed by atoms with E-state index in [0.29, 0.717) is 0 Å². The zero-order chi connectivity index (χ0) is 4.12. The van der Waals surface area contributed by atoms with Crippen LogP contribution in [0.3, 0.4) is 0 Å². The van der Waals surface area contributed by atoms with E-state index in [2.05, 4.69) is 22.3 Å². The van der Waals surface area contributed by atoms with Crippen molar-refractivity contribution < 1.29 is 36.3 Å². The molecule has 0 bridgehead atoms. The first kappa shape index (κ1) is 5.97. The van der Waals surface area contributed by atoms with Crippen LogP contribution in [0.15, 0.2) is 0 Å². The molecule has 0 heterocycles. The minimum atomic E-state index is 1.45. The van der Waals surface area contributed by atoms with Gasteiger partial charge in [-0.2, -0.15) is 0 Å². The molecular weight excluding hydrogens is 273 g/mol. The van der Waals surface area contributed by atoms with Gasteiger partial charge in [0.25, 0.3) is 0 Å². The van der Waals surface area contributed by atoms with Crippen molar-refractivity contribution in [1.29, 1.82) is 0 Å². The van der Waals surface area contributed by atoms with Gasteiger partial charge >= 0.3 is 51.0 Å². The zero-order valence-corrected chi connectivity index (χ0v) is 6.84. The second kappa shape index (κ2) is 4.97. The first-order valence-electron chi connectivity index (χ1n) is 1.07. The second-order valence-electron chi connectivity index (χ2n) is 0.414. The molecular formula is C2H3NVW. The van der Waals surface area contributed by atoms with E-state index in [4.69, 9.17) is 0 Å². The fraction of sp³-hybridized carbons (Fsp3) is 0. The van der Waals surface area contributed by atoms with Gasteiger partial charge in [0, 0.05) is 0 Å². The summed E-state index contributed by atoms with van der Waals surface area (Å²) in [6.45, 7) is 0. The third-order valence-electron chi connectivity index (χ3n) is 0.143. The van der Waals surface area contributed by atoms with Crippen LogP contribution in [-0.4, -0.2) is 9.38 Å². The summed E-state index contributed by atoms with van der Waals surface area (Å²) in [5, 5.41) is 2.87. The van der Waals surface area contributed by atoms with Gasteiger partial charge in [0.2, 0.25) is 0 Å². The molecule has 0 saturated heterocycles. The van der Waals surface area contributed by atoms with E-state index in [1.54, 1.807) is 0 Å². The van der Waals surface area contributed by atoms with Crippen molar-refractivity contribution in [3.8, 4) is 0 Å². The molecule has 5 heavy (non-hydrogen) atoms. The third-order valence-corrected chi connectivity index (χ3v) is 0.864. The number of nitrogens with one attached hydrogen (secondary N) is 1. The maximum absolute atomic E-state index is 2.87. The van der Waals surface area contributed by atoms with Crippen LogP contribution < -0.4 is 5.32 Å². The Morgan fingerprint density at radius 1 is 1.80 bits per heavy atom. The van der Waals surface area contributed by atoms with Crippen LogP contribution in [0.25, 0.3) is 0 Å². The van der Waals surface area contributed by atoms with Gasteiger partial charge in [-0.15, -0.1) is 0 Å². The molecule has 0 spiro atoms. The Labute approximate surface area is 51.0 Å². The molecule has 0 aliphatic heterocycles. The van der Waals surface area contributed by atoms with Crippen molar-refractivity contribution in [1.82, 2.24) is 5.32 Å². The van der Waals surface area contributed by atoms with Crippen LogP contribution in [0.1, 0.15) is 0 Å². The van der Waals surface area contributed by atoms with Crippen molar-refractivity contribution in [2.75, 3.05) is 0 Å². The van der Waals surface area contributed by atoms with Crippen LogP contribution in [0, 0.1) is 0 Å². The molecule has 0 radical (unpaired) electrons. The third kappa shape index (κ3) is 4.97. The Bertz CT molecular complexity index is 38.9. The Balaban J connectivity index is 2.65. The summed E-state index contributed by atoms with van der Waals surface area (Å²) < 4.78 is 1.94. The maximum atomic E-state index is 2.87. The molecule has 1 N–H and O–H groups in total. The molecule has 0 rings (SSSR count). The number of hydrogen-bond donors (Lipinski definition) is 1. The SMILES string of the molecule is [V]=[CH]N[CH]=[W]. The van der Waals surface area contributed by atoms with Crippen molar-refractivity contribution in [3.05, 3.63) is 0 Å². The monoisotopic (exact) mass is 276 g/mol. The molecule has 27 valence electrons. The molecule has 0 amide bonds. The first-order chi connectivity index (χ1) is 2.41. The van der Waals surface area contributed by atoms with Gasteiger partial charge in [-0.25, -0.2) is 0 Å². The van der Waals surface area contributed by atoms with Gasteiger partial charge in [-0.1, -0.05) is 0 Å². The predicted octanol–water partition coefficient (Wildman–Crippen LogP) is -0.811. The number of hydrogen-bond acceptors (Lipinski definition) is 1. The summed E-state index contributed by atoms with van der Waals surface area (Å²) in [6.07, 6.45) is 0. The molecule has 0 unspecified atom stereocenters. The average molecular weight is 276 g/mol. The first-order valence-corrected chi connectivity index (χ1v) is 3.57. The van der Waals surface area contributed by atoms with Crippen molar-refractivity contribution in [2.24, 2.45) is 0 Å². The molecule has 0 saturated carbocycles. The fourth-order valence-corrected chi connectivity index (χ4v) is 1.03. The van der Waals surface area contributed by atoms with Crippen LogP contribution in [-0.2, 0) is 36.3 Å². The Kier molecular flexibility index (Phi) is 5.94. The van der Waals surface area contributed by atoms with Crippen molar-refractivity contribution in [3.63, 3.8) is 0 Å². The van der Waals surface area contributed by atoms with Crippen LogP contribution in [0.5, 0.6) is 0 Å². The van der Waals surface area contributed by atoms with Gasteiger partial charge in [-0.3, -0.25) is 0 Å². The van der Waals surface area contributed by atoms with E-state index in [0.717, 1.165) is 0 Å². The van der Waals surface area contributed by atoms with E-state index in [-0.39, 0.29) is 0 Å². The van der Waals surface area contributed by atoms with E-state index in [1.807, 2.05) is 9.38 Å². The summed E-state index contributed by atoms with van der Waals surface area (Å²) in [4.78, 5) is 1.83. The van der Waals surface area contributed by atoms with Gasteiger partial charge in [-0.05, 0) is 0 Å². The van der Waals surface area contributed by atoms with E-state index < -0.39 is 0 Å². The fourth-order valence-electron chi connectivity index (χ4n) is 0.0304. The molecule has 3 heteroatoms. The summed E-state index contributed by atoms with van der Waals surface area (Å²) in [7, 11) is 0. The minimum absolute atomic E-state index is 1.45. The summed E-state index contributed by atoms with van der Waals surface area (Å²) in [6, 6.07) is 0. The molecule has 1 nitrogen and oxygen atoms in total. The molecule has 0 aromatic carbocycles. The average Bonchev–Trinajstić information content (AvgIpc) is 1.41. The second-order valence-corrected chi connectivity index (χ2v) is 1.66. The summed E-state index contributed by atoms with van der Waals surface area (Å²) >= 11 is 3.77. The van der Waals surface area contributed by atoms with Crippen LogP contribution in [0.2, 0.25) is 0 Å². The molecule has 0 fully saturated rings. The van der Waals surface area contributed by atoms with Gasteiger partial charge < -0.3 is 0 Å². The van der Waals surface area contributed by atoms with Gasteiger partial charge in [0.1, 0.15) is 0 Å². The molecule has 0 aliphatic carbocycles. The van der Waals surface area contributed by atoms with Gasteiger partial charge in [0.05, 0.1) is 0 Å². The Hall–Kier alpha value is 0.973. The zero-order valence-electron chi connectivity index (χ0n) is 2.51. The van der Waals surface area contributed by atoms with Crippen LogP contribution in [0.4, 0.5) is 0 Å². The molecule has 0 aliphatic rings. The standard InChI is InChI=1S/C2H3N.V.W/c1-3-2;;/h1-3H;;. The molecule has 0 aromatic rings. The number of rotatable bonds is 2. The predicted molar refractivity (Wildman–Crippen MR) is 15.3 cm³/mol. The van der Waals surface area contributed by atoms with Crippen LogP contribution >= 0.6 is 0 Å². The Morgan fingerprint density at radius 2 is 2.40 bits per heavy atom. The van der Waals surface area contributed by atoms with E-state index in [9.17, 15) is 0 Å². The van der Waals surface area contributed by atoms with Gasteiger partial charge in [0.15, 0.2) is 0 Å². The van der Waals surface area contributed by atoms with E-state index in [1.165, 1.54) is 19.4 Å². The molecule has 0 aromatic heterocycles. The quantitative estimate of drug-likeness (QED) is 0.695. The van der Waals surface area contributed by atoms with E-state index >= 15 is 0 Å². The Morgan fingerprint density at radius 3 is 2.40 bits per heavy atom. The molecule has 0 atom stereocenters. The van der Waals surface area contributed by atoms with Crippen molar-refractivity contribution >= 4 is 9.38 Å². The summed E-state index contributed by atoms with van der Waals surface area (Å²) in [5.41, 5.74) is 0. The van der Waals surface area contributed by atoms with Crippen molar-refractivity contribution in [2.45, 2.75) is 0 Å². The topological polar surface area (TPSA) is 12.0 Å². The normalized spacial score (nSPS) is 6.20.